The summed E-state index contributed by atoms with van der Waals surface area (Å²) in [5.74, 6) is 0.722. The van der Waals surface area contributed by atoms with Gasteiger partial charge in [0.15, 0.2) is 0 Å². The maximum absolute atomic E-state index is 13.6. The molecule has 1 fully saturated rings. The molecule has 1 saturated heterocycles. The minimum absolute atomic E-state index is 0. The van der Waals surface area contributed by atoms with Gasteiger partial charge in [0.2, 0.25) is 10.0 Å². The molecule has 150 valence electrons. The van der Waals surface area contributed by atoms with Gasteiger partial charge in [-0.2, -0.15) is 9.40 Å². The SMILES string of the molecule is Cl.Cn1ccnc1C1CNCCN1S(=O)(=O)c1ccccc1Cn1cncn1. The van der Waals surface area contributed by atoms with E-state index in [1.165, 1.54) is 6.33 Å². The molecule has 1 unspecified atom stereocenters. The van der Waals surface area contributed by atoms with Gasteiger partial charge in [-0.25, -0.2) is 23.1 Å². The summed E-state index contributed by atoms with van der Waals surface area (Å²) in [6.07, 6.45) is 6.52. The average Bonchev–Trinajstić information content (AvgIpc) is 3.34. The summed E-state index contributed by atoms with van der Waals surface area (Å²) in [4.78, 5) is 8.60. The van der Waals surface area contributed by atoms with Crippen molar-refractivity contribution in [2.45, 2.75) is 17.5 Å². The van der Waals surface area contributed by atoms with Gasteiger partial charge in [-0.05, 0) is 11.6 Å². The smallest absolute Gasteiger partial charge is 0.244 e. The van der Waals surface area contributed by atoms with E-state index in [9.17, 15) is 8.42 Å². The average molecular weight is 424 g/mol. The van der Waals surface area contributed by atoms with E-state index in [2.05, 4.69) is 20.4 Å². The summed E-state index contributed by atoms with van der Waals surface area (Å²) in [6.45, 7) is 1.85. The first-order chi connectivity index (χ1) is 13.1. The predicted molar refractivity (Wildman–Crippen MR) is 106 cm³/mol. The molecule has 1 aliphatic rings. The normalized spacial score (nSPS) is 18.0. The predicted octanol–water partition coefficient (Wildman–Crippen LogP) is 0.817. The number of benzene rings is 1. The van der Waals surface area contributed by atoms with Gasteiger partial charge in [0.05, 0.1) is 17.5 Å². The van der Waals surface area contributed by atoms with Gasteiger partial charge in [-0.15, -0.1) is 12.4 Å². The van der Waals surface area contributed by atoms with Gasteiger partial charge in [0.25, 0.3) is 0 Å². The van der Waals surface area contributed by atoms with Crippen molar-refractivity contribution in [3.8, 4) is 0 Å². The van der Waals surface area contributed by atoms with E-state index < -0.39 is 10.0 Å². The van der Waals surface area contributed by atoms with Crippen LogP contribution in [0.15, 0.2) is 54.2 Å². The number of nitrogens with one attached hydrogen (secondary N) is 1. The fourth-order valence-corrected chi connectivity index (χ4v) is 5.20. The number of aryl methyl sites for hydroxylation is 1. The number of hydrogen-bond acceptors (Lipinski definition) is 6. The molecule has 3 aromatic rings. The number of hydrogen-bond donors (Lipinski definition) is 1. The quantitative estimate of drug-likeness (QED) is 0.652. The highest BCUT2D eigenvalue weighted by Gasteiger charge is 2.37. The van der Waals surface area contributed by atoms with Crippen molar-refractivity contribution in [2.24, 2.45) is 7.05 Å². The molecular weight excluding hydrogens is 402 g/mol. The van der Waals surface area contributed by atoms with Crippen molar-refractivity contribution < 1.29 is 8.42 Å². The zero-order valence-corrected chi connectivity index (χ0v) is 17.0. The molecule has 0 saturated carbocycles. The molecule has 1 aliphatic heterocycles. The Morgan fingerprint density at radius 2 is 2.11 bits per heavy atom. The highest BCUT2D eigenvalue weighted by Crippen LogP contribution is 2.29. The van der Waals surface area contributed by atoms with Crippen molar-refractivity contribution in [2.75, 3.05) is 19.6 Å². The first-order valence-electron chi connectivity index (χ1n) is 8.67. The van der Waals surface area contributed by atoms with Crippen LogP contribution in [0.25, 0.3) is 0 Å². The zero-order valence-electron chi connectivity index (χ0n) is 15.3. The van der Waals surface area contributed by atoms with Gasteiger partial charge in [-0.1, -0.05) is 18.2 Å². The Labute approximate surface area is 169 Å². The summed E-state index contributed by atoms with van der Waals surface area (Å²) in [6, 6.07) is 6.68. The third-order valence-electron chi connectivity index (χ3n) is 4.71. The molecule has 0 radical (unpaired) electrons. The second-order valence-electron chi connectivity index (χ2n) is 6.43. The van der Waals surface area contributed by atoms with Crippen molar-refractivity contribution in [3.63, 3.8) is 0 Å². The molecule has 2 aromatic heterocycles. The molecule has 0 spiro atoms. The van der Waals surface area contributed by atoms with Crippen molar-refractivity contribution in [3.05, 3.63) is 60.7 Å². The first kappa shape index (κ1) is 20.5. The van der Waals surface area contributed by atoms with E-state index in [1.54, 1.807) is 33.6 Å². The monoisotopic (exact) mass is 423 g/mol. The fourth-order valence-electron chi connectivity index (χ4n) is 3.39. The number of aromatic nitrogens is 5. The lowest BCUT2D eigenvalue weighted by atomic mass is 10.2. The Balaban J connectivity index is 0.00000225. The minimum atomic E-state index is -3.71. The largest absolute Gasteiger partial charge is 0.337 e. The molecule has 3 heterocycles. The Morgan fingerprint density at radius 3 is 2.82 bits per heavy atom. The standard InChI is InChI=1S/C17H21N7O2S.ClH/c1-22-8-7-20-17(22)15-10-18-6-9-24(15)27(25,26)16-5-3-2-4-14(16)11-23-13-19-12-21-23;/h2-5,7-8,12-13,15,18H,6,9-11H2,1H3;1H. The highest BCUT2D eigenvalue weighted by molar-refractivity contribution is 7.89. The van der Waals surface area contributed by atoms with Crippen LogP contribution in [0.3, 0.4) is 0 Å². The van der Waals surface area contributed by atoms with E-state index >= 15 is 0 Å². The van der Waals surface area contributed by atoms with Crippen molar-refractivity contribution in [1.29, 1.82) is 0 Å². The summed E-state index contributed by atoms with van der Waals surface area (Å²) < 4.78 is 32.2. The summed E-state index contributed by atoms with van der Waals surface area (Å²) in [5.41, 5.74) is 0.681. The van der Waals surface area contributed by atoms with Gasteiger partial charge in [0, 0.05) is 39.1 Å². The summed E-state index contributed by atoms with van der Waals surface area (Å²) in [5, 5.41) is 7.36. The third-order valence-corrected chi connectivity index (χ3v) is 6.72. The van der Waals surface area contributed by atoms with Crippen molar-refractivity contribution in [1.82, 2.24) is 33.9 Å². The fraction of sp³-hybridized carbons (Fsp3) is 0.353. The molecule has 0 aliphatic carbocycles. The van der Waals surface area contributed by atoms with E-state index in [1.807, 2.05) is 29.9 Å². The Kier molecular flexibility index (Phi) is 6.14. The number of piperazine rings is 1. The van der Waals surface area contributed by atoms with Gasteiger partial charge in [0.1, 0.15) is 18.5 Å². The molecule has 0 amide bonds. The van der Waals surface area contributed by atoms with Crippen LogP contribution in [-0.2, 0) is 23.6 Å². The molecular formula is C17H22ClN7O2S. The van der Waals surface area contributed by atoms with E-state index in [0.29, 0.717) is 36.6 Å². The number of imidazole rings is 1. The molecule has 11 heteroatoms. The van der Waals surface area contributed by atoms with Gasteiger partial charge in [-0.3, -0.25) is 0 Å². The minimum Gasteiger partial charge on any atom is -0.337 e. The topological polar surface area (TPSA) is 97.9 Å². The Bertz CT molecular complexity index is 1020. The maximum Gasteiger partial charge on any atom is 0.244 e. The van der Waals surface area contributed by atoms with Crippen molar-refractivity contribution >= 4 is 22.4 Å². The third kappa shape index (κ3) is 3.81. The van der Waals surface area contributed by atoms with Crippen LogP contribution < -0.4 is 5.32 Å². The molecule has 1 atom stereocenters. The van der Waals surface area contributed by atoms with Crippen LogP contribution in [0.5, 0.6) is 0 Å². The van der Waals surface area contributed by atoms with Crippen LogP contribution in [0.4, 0.5) is 0 Å². The molecule has 9 nitrogen and oxygen atoms in total. The molecule has 1 aromatic carbocycles. The van der Waals surface area contributed by atoms with E-state index in [0.717, 1.165) is 5.82 Å². The number of halogens is 1. The lowest BCUT2D eigenvalue weighted by Gasteiger charge is -2.35. The lowest BCUT2D eigenvalue weighted by Crippen LogP contribution is -2.49. The van der Waals surface area contributed by atoms with Crippen LogP contribution in [0, 0.1) is 0 Å². The van der Waals surface area contributed by atoms with Gasteiger partial charge >= 0.3 is 0 Å². The maximum atomic E-state index is 13.6. The Hall–Kier alpha value is -2.27. The molecule has 4 rings (SSSR count). The highest BCUT2D eigenvalue weighted by atomic mass is 35.5. The van der Waals surface area contributed by atoms with Crippen LogP contribution in [-0.4, -0.2) is 56.7 Å². The second kappa shape index (κ2) is 8.39. The Morgan fingerprint density at radius 1 is 1.29 bits per heavy atom. The van der Waals surface area contributed by atoms with Crippen LogP contribution in [0.1, 0.15) is 17.4 Å². The molecule has 0 bridgehead atoms. The summed E-state index contributed by atoms with van der Waals surface area (Å²) in [7, 11) is -1.83. The summed E-state index contributed by atoms with van der Waals surface area (Å²) >= 11 is 0. The number of rotatable bonds is 5. The van der Waals surface area contributed by atoms with E-state index in [-0.39, 0.29) is 18.4 Å². The zero-order chi connectivity index (χ0) is 18.9. The lowest BCUT2D eigenvalue weighted by molar-refractivity contribution is 0.258. The molecule has 28 heavy (non-hydrogen) atoms. The second-order valence-corrected chi connectivity index (χ2v) is 8.29. The molecule has 1 N–H and O–H groups in total. The number of nitrogens with zero attached hydrogens (tertiary/aromatic N) is 6. The number of sulfonamides is 1. The first-order valence-corrected chi connectivity index (χ1v) is 10.1. The van der Waals surface area contributed by atoms with Crippen LogP contribution >= 0.6 is 12.4 Å². The van der Waals surface area contributed by atoms with Gasteiger partial charge < -0.3 is 9.88 Å². The van der Waals surface area contributed by atoms with Crippen LogP contribution in [0.2, 0.25) is 0 Å². The van der Waals surface area contributed by atoms with E-state index in [4.69, 9.17) is 0 Å².